The predicted molar refractivity (Wildman–Crippen MR) is 82.1 cm³/mol. The second kappa shape index (κ2) is 7.49. The van der Waals surface area contributed by atoms with E-state index in [0.717, 1.165) is 10.6 Å². The Balaban J connectivity index is 1.84. The molecule has 0 aliphatic rings. The number of thioether (sulfide) groups is 1. The fourth-order valence-electron chi connectivity index (χ4n) is 1.49. The van der Waals surface area contributed by atoms with E-state index < -0.39 is 0 Å². The lowest BCUT2D eigenvalue weighted by Crippen LogP contribution is -2.35. The van der Waals surface area contributed by atoms with Gasteiger partial charge in [-0.05, 0) is 37.3 Å². The molecule has 2 rings (SSSR count). The molecular formula is C14H16N4O2S. The van der Waals surface area contributed by atoms with Crippen molar-refractivity contribution in [1.82, 2.24) is 15.4 Å². The molecule has 2 aromatic rings. The van der Waals surface area contributed by atoms with Crippen molar-refractivity contribution in [2.45, 2.75) is 17.1 Å². The SMILES string of the molecule is COc1ccc(SC(C)C(=O)NNc2ncccn2)cc1. The van der Waals surface area contributed by atoms with Crippen molar-refractivity contribution in [1.29, 1.82) is 0 Å². The minimum Gasteiger partial charge on any atom is -0.497 e. The van der Waals surface area contributed by atoms with Crippen molar-refractivity contribution in [3.8, 4) is 5.75 Å². The van der Waals surface area contributed by atoms with E-state index in [-0.39, 0.29) is 11.2 Å². The van der Waals surface area contributed by atoms with E-state index >= 15 is 0 Å². The number of rotatable bonds is 6. The van der Waals surface area contributed by atoms with Gasteiger partial charge in [0.2, 0.25) is 5.95 Å². The normalized spacial score (nSPS) is 11.5. The van der Waals surface area contributed by atoms with Crippen molar-refractivity contribution in [3.05, 3.63) is 42.7 Å². The molecule has 0 saturated heterocycles. The zero-order valence-electron chi connectivity index (χ0n) is 11.7. The molecule has 1 amide bonds. The van der Waals surface area contributed by atoms with Crippen LogP contribution in [0, 0.1) is 0 Å². The molecule has 0 saturated carbocycles. The van der Waals surface area contributed by atoms with Crippen LogP contribution in [0.1, 0.15) is 6.92 Å². The first kappa shape index (κ1) is 15.1. The van der Waals surface area contributed by atoms with Gasteiger partial charge in [-0.2, -0.15) is 0 Å². The average Bonchev–Trinajstić information content (AvgIpc) is 2.54. The van der Waals surface area contributed by atoms with Crippen LogP contribution in [0.4, 0.5) is 5.95 Å². The largest absolute Gasteiger partial charge is 0.497 e. The van der Waals surface area contributed by atoms with Gasteiger partial charge >= 0.3 is 0 Å². The highest BCUT2D eigenvalue weighted by atomic mass is 32.2. The molecule has 7 heteroatoms. The van der Waals surface area contributed by atoms with Crippen LogP contribution in [0.15, 0.2) is 47.6 Å². The Bertz CT molecular complexity index is 577. The van der Waals surface area contributed by atoms with Crippen molar-refractivity contribution in [2.24, 2.45) is 0 Å². The Labute approximate surface area is 127 Å². The van der Waals surface area contributed by atoms with Crippen molar-refractivity contribution in [3.63, 3.8) is 0 Å². The predicted octanol–water partition coefficient (Wildman–Crippen LogP) is 2.11. The number of methoxy groups -OCH3 is 1. The summed E-state index contributed by atoms with van der Waals surface area (Å²) < 4.78 is 5.10. The minimum absolute atomic E-state index is 0.150. The monoisotopic (exact) mass is 304 g/mol. The zero-order valence-corrected chi connectivity index (χ0v) is 12.6. The molecule has 0 bridgehead atoms. The maximum atomic E-state index is 12.0. The molecule has 21 heavy (non-hydrogen) atoms. The van der Waals surface area contributed by atoms with Crippen LogP contribution in [-0.2, 0) is 4.79 Å². The lowest BCUT2D eigenvalue weighted by Gasteiger charge is -2.12. The number of anilines is 1. The van der Waals surface area contributed by atoms with Crippen LogP contribution in [-0.4, -0.2) is 28.2 Å². The number of amides is 1. The molecule has 110 valence electrons. The summed E-state index contributed by atoms with van der Waals surface area (Å²) in [6.45, 7) is 1.83. The van der Waals surface area contributed by atoms with Gasteiger partial charge in [-0.15, -0.1) is 11.8 Å². The van der Waals surface area contributed by atoms with Gasteiger partial charge in [-0.25, -0.2) is 9.97 Å². The Morgan fingerprint density at radius 1 is 1.24 bits per heavy atom. The minimum atomic E-state index is -0.255. The van der Waals surface area contributed by atoms with E-state index in [1.807, 2.05) is 31.2 Å². The third kappa shape index (κ3) is 4.64. The summed E-state index contributed by atoms with van der Waals surface area (Å²) in [4.78, 5) is 20.9. The van der Waals surface area contributed by atoms with Gasteiger partial charge in [0.15, 0.2) is 0 Å². The lowest BCUT2D eigenvalue weighted by molar-refractivity contribution is -0.119. The quantitative estimate of drug-likeness (QED) is 0.629. The van der Waals surface area contributed by atoms with Crippen LogP contribution in [0.5, 0.6) is 5.75 Å². The molecular weight excluding hydrogens is 288 g/mol. The van der Waals surface area contributed by atoms with E-state index in [4.69, 9.17) is 4.74 Å². The number of benzene rings is 1. The maximum Gasteiger partial charge on any atom is 0.251 e. The van der Waals surface area contributed by atoms with Crippen LogP contribution >= 0.6 is 11.8 Å². The number of aromatic nitrogens is 2. The first-order chi connectivity index (χ1) is 10.2. The standard InChI is InChI=1S/C14H16N4O2S/c1-10(21-12-6-4-11(20-2)5-7-12)13(19)17-18-14-15-8-3-9-16-14/h3-10H,1-2H3,(H,17,19)(H,15,16,18). The van der Waals surface area contributed by atoms with Crippen LogP contribution in [0.2, 0.25) is 0 Å². The number of hydrogen-bond acceptors (Lipinski definition) is 6. The Kier molecular flexibility index (Phi) is 5.39. The van der Waals surface area contributed by atoms with Crippen LogP contribution in [0.25, 0.3) is 0 Å². The second-order valence-corrected chi connectivity index (χ2v) is 5.54. The van der Waals surface area contributed by atoms with Gasteiger partial charge in [0.1, 0.15) is 5.75 Å². The molecule has 1 atom stereocenters. The van der Waals surface area contributed by atoms with Crippen molar-refractivity contribution < 1.29 is 9.53 Å². The Hall–Kier alpha value is -2.28. The zero-order chi connectivity index (χ0) is 15.1. The summed E-state index contributed by atoms with van der Waals surface area (Å²) in [5.74, 6) is 0.995. The number of hydrazine groups is 1. The van der Waals surface area contributed by atoms with Gasteiger partial charge in [-0.1, -0.05) is 0 Å². The molecule has 1 unspecified atom stereocenters. The summed E-state index contributed by atoms with van der Waals surface area (Å²) >= 11 is 1.46. The van der Waals surface area contributed by atoms with E-state index in [0.29, 0.717) is 5.95 Å². The van der Waals surface area contributed by atoms with E-state index in [2.05, 4.69) is 20.8 Å². The first-order valence-electron chi connectivity index (χ1n) is 6.32. The van der Waals surface area contributed by atoms with Crippen LogP contribution < -0.4 is 15.6 Å². The van der Waals surface area contributed by atoms with Crippen LogP contribution in [0.3, 0.4) is 0 Å². The Morgan fingerprint density at radius 2 is 1.90 bits per heavy atom. The third-order valence-corrected chi connectivity index (χ3v) is 3.72. The highest BCUT2D eigenvalue weighted by Gasteiger charge is 2.14. The molecule has 1 aromatic heterocycles. The summed E-state index contributed by atoms with van der Waals surface area (Å²) in [5, 5.41) is -0.255. The van der Waals surface area contributed by atoms with E-state index in [1.165, 1.54) is 11.8 Å². The molecule has 0 aliphatic heterocycles. The number of carbonyl (C=O) groups excluding carboxylic acids is 1. The summed E-state index contributed by atoms with van der Waals surface area (Å²) in [7, 11) is 1.62. The first-order valence-corrected chi connectivity index (χ1v) is 7.20. The summed E-state index contributed by atoms with van der Waals surface area (Å²) in [6.07, 6.45) is 3.19. The topological polar surface area (TPSA) is 76.1 Å². The number of nitrogens with one attached hydrogen (secondary N) is 2. The lowest BCUT2D eigenvalue weighted by atomic mass is 10.3. The van der Waals surface area contributed by atoms with E-state index in [9.17, 15) is 4.79 Å². The second-order valence-electron chi connectivity index (χ2n) is 4.12. The average molecular weight is 304 g/mol. The molecule has 0 spiro atoms. The number of hydrogen-bond donors (Lipinski definition) is 2. The highest BCUT2D eigenvalue weighted by molar-refractivity contribution is 8.00. The number of carbonyl (C=O) groups is 1. The molecule has 1 aromatic carbocycles. The fourth-order valence-corrected chi connectivity index (χ4v) is 2.36. The molecule has 0 fully saturated rings. The Morgan fingerprint density at radius 3 is 2.52 bits per heavy atom. The van der Waals surface area contributed by atoms with Gasteiger partial charge in [0.25, 0.3) is 5.91 Å². The van der Waals surface area contributed by atoms with E-state index in [1.54, 1.807) is 25.6 Å². The molecule has 2 N–H and O–H groups in total. The van der Waals surface area contributed by atoms with Crippen molar-refractivity contribution in [2.75, 3.05) is 12.5 Å². The van der Waals surface area contributed by atoms with Crippen molar-refractivity contribution >= 4 is 23.6 Å². The summed E-state index contributed by atoms with van der Waals surface area (Å²) in [6, 6.07) is 9.27. The smallest absolute Gasteiger partial charge is 0.251 e. The van der Waals surface area contributed by atoms with Gasteiger partial charge in [-0.3, -0.25) is 15.6 Å². The van der Waals surface area contributed by atoms with Gasteiger partial charge in [0.05, 0.1) is 12.4 Å². The fraction of sp³-hybridized carbons (Fsp3) is 0.214. The maximum absolute atomic E-state index is 12.0. The molecule has 0 radical (unpaired) electrons. The van der Waals surface area contributed by atoms with Gasteiger partial charge in [0, 0.05) is 17.3 Å². The molecule has 6 nitrogen and oxygen atoms in total. The summed E-state index contributed by atoms with van der Waals surface area (Å²) in [5.41, 5.74) is 5.26. The molecule has 0 aliphatic carbocycles. The highest BCUT2D eigenvalue weighted by Crippen LogP contribution is 2.25. The number of nitrogens with zero attached hydrogens (tertiary/aromatic N) is 2. The number of ether oxygens (including phenoxy) is 1. The van der Waals surface area contributed by atoms with Gasteiger partial charge < -0.3 is 4.74 Å². The molecule has 1 heterocycles. The third-order valence-electron chi connectivity index (χ3n) is 2.60.